The number of halogens is 1. The summed E-state index contributed by atoms with van der Waals surface area (Å²) in [6.45, 7) is 4.86. The van der Waals surface area contributed by atoms with E-state index in [9.17, 15) is 13.2 Å². The van der Waals surface area contributed by atoms with E-state index in [0.29, 0.717) is 36.4 Å². The molecule has 2 atom stereocenters. The predicted octanol–water partition coefficient (Wildman–Crippen LogP) is 5.08. The summed E-state index contributed by atoms with van der Waals surface area (Å²) in [6, 6.07) is 14.6. The van der Waals surface area contributed by atoms with Gasteiger partial charge in [-0.15, -0.1) is 0 Å². The van der Waals surface area contributed by atoms with Crippen molar-refractivity contribution < 1.29 is 17.9 Å². The number of para-hydroxylation sites is 1. The minimum Gasteiger partial charge on any atom is -0.487 e. The lowest BCUT2D eigenvalue weighted by Gasteiger charge is -2.42. The molecule has 0 unspecified atom stereocenters. The van der Waals surface area contributed by atoms with Crippen LogP contribution in [-0.2, 0) is 20.6 Å². The van der Waals surface area contributed by atoms with Crippen molar-refractivity contribution in [2.45, 2.75) is 63.3 Å². The highest BCUT2D eigenvalue weighted by atomic mass is 35.5. The molecule has 2 aliphatic heterocycles. The van der Waals surface area contributed by atoms with Crippen LogP contribution < -0.4 is 10.1 Å². The lowest BCUT2D eigenvalue weighted by atomic mass is 9.83. The smallest absolute Gasteiger partial charge is 0.224 e. The van der Waals surface area contributed by atoms with E-state index >= 15 is 0 Å². The summed E-state index contributed by atoms with van der Waals surface area (Å²) in [7, 11) is -3.55. The molecule has 184 valence electrons. The van der Waals surface area contributed by atoms with Crippen LogP contribution in [0.15, 0.2) is 48.5 Å². The Morgan fingerprint density at radius 1 is 1.18 bits per heavy atom. The minimum atomic E-state index is -3.55. The molecule has 2 heterocycles. The van der Waals surface area contributed by atoms with E-state index in [1.165, 1.54) is 4.31 Å². The van der Waals surface area contributed by atoms with Crippen molar-refractivity contribution in [2.75, 3.05) is 13.1 Å². The zero-order valence-electron chi connectivity index (χ0n) is 19.8. The number of carbonyl (C=O) groups excluding carboxylic acids is 1. The summed E-state index contributed by atoms with van der Waals surface area (Å²) in [4.78, 5) is 13.3. The predicted molar refractivity (Wildman–Crippen MR) is 134 cm³/mol. The average Bonchev–Trinajstić information content (AvgIpc) is 2.83. The molecular formula is C26H33ClN2O4S. The standard InChI is InChI=1S/C26H33ClN2O4S/c1-3-26(4-2)16-23(22-12-5-6-13-24(22)33-26)28-25(30)20-10-8-14-29(17-20)34(31,32)18-19-9-7-11-21(27)15-19/h5-7,9,11-13,15,20,23H,3-4,8,10,14,16-18H2,1-2H3,(H,28,30)/t20-,23-/m0/s1. The van der Waals surface area contributed by atoms with Gasteiger partial charge in [-0.25, -0.2) is 12.7 Å². The summed E-state index contributed by atoms with van der Waals surface area (Å²) in [6.07, 6.45) is 3.73. The van der Waals surface area contributed by atoms with Crippen LogP contribution in [0.2, 0.25) is 5.02 Å². The van der Waals surface area contributed by atoms with Gasteiger partial charge in [0.1, 0.15) is 11.4 Å². The van der Waals surface area contributed by atoms with Gasteiger partial charge < -0.3 is 10.1 Å². The zero-order valence-corrected chi connectivity index (χ0v) is 21.4. The van der Waals surface area contributed by atoms with E-state index in [0.717, 1.165) is 24.2 Å². The minimum absolute atomic E-state index is 0.0922. The SMILES string of the molecule is CCC1(CC)C[C@H](NC(=O)[C@H]2CCCN(S(=O)(=O)Cc3cccc(Cl)c3)C2)c2ccccc2O1. The van der Waals surface area contributed by atoms with Crippen molar-refractivity contribution in [3.8, 4) is 5.75 Å². The summed E-state index contributed by atoms with van der Waals surface area (Å²) in [5.41, 5.74) is 1.31. The van der Waals surface area contributed by atoms with Gasteiger partial charge in [0, 0.05) is 30.1 Å². The number of nitrogens with one attached hydrogen (secondary N) is 1. The first kappa shape index (κ1) is 25.0. The van der Waals surface area contributed by atoms with Crippen molar-refractivity contribution in [1.82, 2.24) is 9.62 Å². The van der Waals surface area contributed by atoms with E-state index in [4.69, 9.17) is 16.3 Å². The van der Waals surface area contributed by atoms with Gasteiger partial charge in [0.2, 0.25) is 15.9 Å². The number of hydrogen-bond donors (Lipinski definition) is 1. The molecule has 0 bridgehead atoms. The maximum Gasteiger partial charge on any atom is 0.224 e. The largest absolute Gasteiger partial charge is 0.487 e. The topological polar surface area (TPSA) is 75.7 Å². The Hall–Kier alpha value is -2.09. The highest BCUT2D eigenvalue weighted by Gasteiger charge is 2.40. The van der Waals surface area contributed by atoms with Gasteiger partial charge >= 0.3 is 0 Å². The Morgan fingerprint density at radius 3 is 2.68 bits per heavy atom. The van der Waals surface area contributed by atoms with E-state index in [1.54, 1.807) is 24.3 Å². The Balaban J connectivity index is 1.47. The highest BCUT2D eigenvalue weighted by Crippen LogP contribution is 2.42. The molecule has 2 aromatic rings. The number of benzene rings is 2. The first-order valence-electron chi connectivity index (χ1n) is 12.1. The van der Waals surface area contributed by atoms with Crippen LogP contribution >= 0.6 is 11.6 Å². The number of ether oxygens (including phenoxy) is 1. The molecule has 2 aliphatic rings. The van der Waals surface area contributed by atoms with Gasteiger partial charge in [0.25, 0.3) is 0 Å². The van der Waals surface area contributed by atoms with Crippen LogP contribution in [0.25, 0.3) is 0 Å². The normalized spacial score (nSPS) is 22.4. The second-order valence-corrected chi connectivity index (χ2v) is 11.8. The van der Waals surface area contributed by atoms with Crippen LogP contribution in [0.3, 0.4) is 0 Å². The maximum absolute atomic E-state index is 13.3. The summed E-state index contributed by atoms with van der Waals surface area (Å²) >= 11 is 6.02. The molecule has 34 heavy (non-hydrogen) atoms. The second kappa shape index (κ2) is 10.3. The molecule has 0 spiro atoms. The van der Waals surface area contributed by atoms with Crippen LogP contribution in [-0.4, -0.2) is 37.3 Å². The molecule has 1 N–H and O–H groups in total. The monoisotopic (exact) mass is 504 g/mol. The van der Waals surface area contributed by atoms with Crippen molar-refractivity contribution in [2.24, 2.45) is 5.92 Å². The average molecular weight is 505 g/mol. The summed E-state index contributed by atoms with van der Waals surface area (Å²) < 4.78 is 34.0. The second-order valence-electron chi connectivity index (χ2n) is 9.38. The Bertz CT molecular complexity index is 1130. The van der Waals surface area contributed by atoms with Gasteiger partial charge in [0.15, 0.2) is 0 Å². The lowest BCUT2D eigenvalue weighted by molar-refractivity contribution is -0.127. The first-order valence-corrected chi connectivity index (χ1v) is 14.0. The van der Waals surface area contributed by atoms with Gasteiger partial charge in [-0.2, -0.15) is 0 Å². The number of carbonyl (C=O) groups is 1. The zero-order chi connectivity index (χ0) is 24.3. The molecular weight excluding hydrogens is 472 g/mol. The lowest BCUT2D eigenvalue weighted by Crippen LogP contribution is -2.49. The molecule has 0 aliphatic carbocycles. The fourth-order valence-corrected chi connectivity index (χ4v) is 6.87. The van der Waals surface area contributed by atoms with Gasteiger partial charge in [-0.1, -0.05) is 55.8 Å². The molecule has 1 fully saturated rings. The number of nitrogens with zero attached hydrogens (tertiary/aromatic N) is 1. The van der Waals surface area contributed by atoms with Gasteiger partial charge in [-0.05, 0) is 49.4 Å². The van der Waals surface area contributed by atoms with E-state index in [2.05, 4.69) is 19.2 Å². The van der Waals surface area contributed by atoms with Gasteiger partial charge in [-0.3, -0.25) is 4.79 Å². The Labute approximate surface area is 207 Å². The van der Waals surface area contributed by atoms with Crippen molar-refractivity contribution in [1.29, 1.82) is 0 Å². The van der Waals surface area contributed by atoms with Crippen LogP contribution in [0.1, 0.15) is 63.1 Å². The maximum atomic E-state index is 13.3. The van der Waals surface area contributed by atoms with E-state index in [-0.39, 0.29) is 35.8 Å². The molecule has 4 rings (SSSR count). The van der Waals surface area contributed by atoms with Crippen molar-refractivity contribution in [3.63, 3.8) is 0 Å². The molecule has 1 saturated heterocycles. The van der Waals surface area contributed by atoms with Crippen LogP contribution in [0.4, 0.5) is 0 Å². The molecule has 0 aromatic heterocycles. The third-order valence-electron chi connectivity index (χ3n) is 7.19. The van der Waals surface area contributed by atoms with Crippen molar-refractivity contribution in [3.05, 3.63) is 64.7 Å². The molecule has 2 aromatic carbocycles. The number of piperidine rings is 1. The number of rotatable bonds is 7. The molecule has 0 radical (unpaired) electrons. The molecule has 6 nitrogen and oxygen atoms in total. The fraction of sp³-hybridized carbons (Fsp3) is 0.500. The number of sulfonamides is 1. The Morgan fingerprint density at radius 2 is 1.94 bits per heavy atom. The van der Waals surface area contributed by atoms with Crippen molar-refractivity contribution >= 4 is 27.5 Å². The molecule has 1 amide bonds. The first-order chi connectivity index (χ1) is 16.2. The van der Waals surface area contributed by atoms with E-state index in [1.807, 2.05) is 24.3 Å². The van der Waals surface area contributed by atoms with Crippen LogP contribution in [0.5, 0.6) is 5.75 Å². The Kier molecular flexibility index (Phi) is 7.55. The third kappa shape index (κ3) is 5.42. The van der Waals surface area contributed by atoms with E-state index < -0.39 is 10.0 Å². The molecule has 0 saturated carbocycles. The number of hydrogen-bond acceptors (Lipinski definition) is 4. The number of fused-ring (bicyclic) bond motifs is 1. The quantitative estimate of drug-likeness (QED) is 0.570. The summed E-state index contributed by atoms with van der Waals surface area (Å²) in [5, 5.41) is 3.75. The molecule has 8 heteroatoms. The fourth-order valence-electron chi connectivity index (χ4n) is 5.06. The van der Waals surface area contributed by atoms with Crippen LogP contribution in [0, 0.1) is 5.92 Å². The third-order valence-corrected chi connectivity index (χ3v) is 9.24. The van der Waals surface area contributed by atoms with Gasteiger partial charge in [0.05, 0.1) is 17.7 Å². The summed E-state index contributed by atoms with van der Waals surface area (Å²) in [5.74, 6) is 0.225. The number of amides is 1. The highest BCUT2D eigenvalue weighted by molar-refractivity contribution is 7.88.